The van der Waals surface area contributed by atoms with Gasteiger partial charge in [0.25, 0.3) is 0 Å². The molecule has 0 amide bonds. The number of hydrogen-bond donors (Lipinski definition) is 1. The Balaban J connectivity index is 2.47. The van der Waals surface area contributed by atoms with Crippen molar-refractivity contribution >= 4 is 5.97 Å². The minimum Gasteiger partial charge on any atom is -0.478 e. The van der Waals surface area contributed by atoms with Crippen molar-refractivity contribution in [1.82, 2.24) is 4.98 Å². The molecule has 1 aromatic heterocycles. The number of hydrogen-bond acceptors (Lipinski definition) is 2. The molecule has 3 heteroatoms. The highest BCUT2D eigenvalue weighted by Crippen LogP contribution is 2.23. The molecule has 0 atom stereocenters. The monoisotopic (exact) mass is 205 g/mol. The average molecular weight is 205 g/mol. The third-order valence-corrected chi connectivity index (χ3v) is 2.85. The molecule has 0 bridgehead atoms. The number of aromatic nitrogens is 1. The lowest BCUT2D eigenvalue weighted by Crippen LogP contribution is -2.07. The van der Waals surface area contributed by atoms with Crippen LogP contribution >= 0.6 is 0 Å². The largest absolute Gasteiger partial charge is 0.478 e. The molecule has 15 heavy (non-hydrogen) atoms. The van der Waals surface area contributed by atoms with E-state index in [0.29, 0.717) is 5.56 Å². The number of aryl methyl sites for hydroxylation is 3. The van der Waals surface area contributed by atoms with E-state index in [1.807, 2.05) is 13.0 Å². The van der Waals surface area contributed by atoms with Gasteiger partial charge in [-0.15, -0.1) is 0 Å². The summed E-state index contributed by atoms with van der Waals surface area (Å²) in [4.78, 5) is 15.5. The van der Waals surface area contributed by atoms with Gasteiger partial charge in [-0.05, 0) is 37.3 Å². The van der Waals surface area contributed by atoms with E-state index in [4.69, 9.17) is 5.11 Å². The van der Waals surface area contributed by atoms with Gasteiger partial charge in [-0.1, -0.05) is 13.3 Å². The standard InChI is InChI=1S/C12H15NO2/c1-2-4-11-9(12(14)15)7-8-5-3-6-10(8)13-11/h7H,2-6H2,1H3,(H,14,15). The summed E-state index contributed by atoms with van der Waals surface area (Å²) < 4.78 is 0. The lowest BCUT2D eigenvalue weighted by Gasteiger charge is -2.07. The Hall–Kier alpha value is -1.38. The molecule has 0 unspecified atom stereocenters. The minimum atomic E-state index is -0.847. The molecular formula is C12H15NO2. The summed E-state index contributed by atoms with van der Waals surface area (Å²) in [6.07, 6.45) is 4.79. The van der Waals surface area contributed by atoms with Crippen molar-refractivity contribution in [3.63, 3.8) is 0 Å². The molecule has 0 saturated carbocycles. The van der Waals surface area contributed by atoms with Crippen molar-refractivity contribution in [1.29, 1.82) is 0 Å². The van der Waals surface area contributed by atoms with Gasteiger partial charge < -0.3 is 5.11 Å². The number of carbonyl (C=O) groups is 1. The quantitative estimate of drug-likeness (QED) is 0.823. The fourth-order valence-electron chi connectivity index (χ4n) is 2.13. The maximum atomic E-state index is 11.1. The van der Waals surface area contributed by atoms with Crippen molar-refractivity contribution in [2.75, 3.05) is 0 Å². The van der Waals surface area contributed by atoms with Gasteiger partial charge in [0.05, 0.1) is 11.3 Å². The molecule has 0 aromatic carbocycles. The van der Waals surface area contributed by atoms with Gasteiger partial charge >= 0.3 is 5.97 Å². The van der Waals surface area contributed by atoms with Crippen molar-refractivity contribution in [2.24, 2.45) is 0 Å². The molecule has 1 heterocycles. The molecule has 0 spiro atoms. The van der Waals surface area contributed by atoms with Crippen LogP contribution in [0.5, 0.6) is 0 Å². The smallest absolute Gasteiger partial charge is 0.337 e. The van der Waals surface area contributed by atoms with E-state index in [1.54, 1.807) is 0 Å². The van der Waals surface area contributed by atoms with Crippen LogP contribution in [0.25, 0.3) is 0 Å². The van der Waals surface area contributed by atoms with E-state index in [1.165, 1.54) is 0 Å². The lowest BCUT2D eigenvalue weighted by molar-refractivity contribution is 0.0695. The maximum absolute atomic E-state index is 11.1. The van der Waals surface area contributed by atoms with Crippen molar-refractivity contribution in [3.05, 3.63) is 28.6 Å². The Morgan fingerprint density at radius 1 is 1.53 bits per heavy atom. The van der Waals surface area contributed by atoms with E-state index < -0.39 is 5.97 Å². The summed E-state index contributed by atoms with van der Waals surface area (Å²) in [7, 11) is 0. The van der Waals surface area contributed by atoms with Crippen LogP contribution in [0.3, 0.4) is 0 Å². The van der Waals surface area contributed by atoms with Crippen LogP contribution < -0.4 is 0 Å². The molecule has 1 aromatic rings. The molecule has 0 radical (unpaired) electrons. The van der Waals surface area contributed by atoms with E-state index >= 15 is 0 Å². The Labute approximate surface area is 89.2 Å². The Bertz CT molecular complexity index is 399. The van der Waals surface area contributed by atoms with Crippen LogP contribution in [-0.2, 0) is 19.3 Å². The highest BCUT2D eigenvalue weighted by molar-refractivity contribution is 5.89. The second-order valence-electron chi connectivity index (χ2n) is 4.00. The lowest BCUT2D eigenvalue weighted by atomic mass is 10.1. The van der Waals surface area contributed by atoms with Gasteiger partial charge in [0.1, 0.15) is 0 Å². The number of pyridine rings is 1. The number of carboxylic acids is 1. The van der Waals surface area contributed by atoms with Crippen molar-refractivity contribution in [2.45, 2.75) is 39.0 Å². The molecule has 0 fully saturated rings. The molecule has 1 aliphatic carbocycles. The fraction of sp³-hybridized carbons (Fsp3) is 0.500. The molecule has 1 aliphatic rings. The molecule has 0 saturated heterocycles. The van der Waals surface area contributed by atoms with Gasteiger partial charge in [-0.2, -0.15) is 0 Å². The zero-order valence-electron chi connectivity index (χ0n) is 8.92. The summed E-state index contributed by atoms with van der Waals surface area (Å²) >= 11 is 0. The number of rotatable bonds is 3. The first-order valence-corrected chi connectivity index (χ1v) is 5.47. The predicted molar refractivity (Wildman–Crippen MR) is 57.2 cm³/mol. The Kier molecular flexibility index (Phi) is 2.71. The van der Waals surface area contributed by atoms with Crippen molar-refractivity contribution < 1.29 is 9.90 Å². The van der Waals surface area contributed by atoms with E-state index in [-0.39, 0.29) is 0 Å². The van der Waals surface area contributed by atoms with Gasteiger partial charge in [0, 0.05) is 5.69 Å². The summed E-state index contributed by atoms with van der Waals surface area (Å²) in [5.41, 5.74) is 3.40. The Morgan fingerprint density at radius 3 is 3.00 bits per heavy atom. The number of nitrogens with zero attached hydrogens (tertiary/aromatic N) is 1. The Morgan fingerprint density at radius 2 is 2.33 bits per heavy atom. The SMILES string of the molecule is CCCc1nc2c(cc1C(=O)O)CCC2. The third kappa shape index (κ3) is 1.87. The zero-order chi connectivity index (χ0) is 10.8. The van der Waals surface area contributed by atoms with Gasteiger partial charge in [-0.3, -0.25) is 4.98 Å². The molecular weight excluding hydrogens is 190 g/mol. The van der Waals surface area contributed by atoms with Crippen LogP contribution in [-0.4, -0.2) is 16.1 Å². The third-order valence-electron chi connectivity index (χ3n) is 2.85. The van der Waals surface area contributed by atoms with Gasteiger partial charge in [0.2, 0.25) is 0 Å². The minimum absolute atomic E-state index is 0.400. The normalized spacial score (nSPS) is 13.9. The zero-order valence-corrected chi connectivity index (χ0v) is 8.92. The van der Waals surface area contributed by atoms with Crippen LogP contribution in [0.4, 0.5) is 0 Å². The highest BCUT2D eigenvalue weighted by Gasteiger charge is 2.18. The van der Waals surface area contributed by atoms with E-state index in [9.17, 15) is 4.79 Å². The molecule has 0 aliphatic heterocycles. The predicted octanol–water partition coefficient (Wildman–Crippen LogP) is 2.22. The first kappa shape index (κ1) is 10.1. The topological polar surface area (TPSA) is 50.2 Å². The van der Waals surface area contributed by atoms with Crippen LogP contribution in [0.2, 0.25) is 0 Å². The summed E-state index contributed by atoms with van der Waals surface area (Å²) in [6.45, 7) is 2.04. The second-order valence-corrected chi connectivity index (χ2v) is 4.00. The van der Waals surface area contributed by atoms with E-state index in [2.05, 4.69) is 4.98 Å². The molecule has 3 nitrogen and oxygen atoms in total. The second kappa shape index (κ2) is 4.01. The van der Waals surface area contributed by atoms with Gasteiger partial charge in [-0.25, -0.2) is 4.79 Å². The first-order chi connectivity index (χ1) is 7.22. The maximum Gasteiger partial charge on any atom is 0.337 e. The van der Waals surface area contributed by atoms with E-state index in [0.717, 1.165) is 49.1 Å². The molecule has 1 N–H and O–H groups in total. The average Bonchev–Trinajstić information content (AvgIpc) is 2.63. The summed E-state index contributed by atoms with van der Waals surface area (Å²) in [5, 5.41) is 9.08. The number of aromatic carboxylic acids is 1. The summed E-state index contributed by atoms with van der Waals surface area (Å²) in [6, 6.07) is 1.82. The van der Waals surface area contributed by atoms with Gasteiger partial charge in [0.15, 0.2) is 0 Å². The molecule has 2 rings (SSSR count). The number of fused-ring (bicyclic) bond motifs is 1. The summed E-state index contributed by atoms with van der Waals surface area (Å²) in [5.74, 6) is -0.847. The van der Waals surface area contributed by atoms with Crippen LogP contribution in [0.15, 0.2) is 6.07 Å². The van der Waals surface area contributed by atoms with Crippen LogP contribution in [0, 0.1) is 0 Å². The van der Waals surface area contributed by atoms with Crippen molar-refractivity contribution in [3.8, 4) is 0 Å². The molecule has 80 valence electrons. The van der Waals surface area contributed by atoms with Crippen LogP contribution in [0.1, 0.15) is 47.1 Å². The first-order valence-electron chi connectivity index (χ1n) is 5.47. The fourth-order valence-corrected chi connectivity index (χ4v) is 2.13. The number of carboxylic acid groups (broad SMARTS) is 1. The highest BCUT2D eigenvalue weighted by atomic mass is 16.4.